The van der Waals surface area contributed by atoms with Gasteiger partial charge in [0.1, 0.15) is 0 Å². The lowest BCUT2D eigenvalue weighted by Gasteiger charge is -1.93. The van der Waals surface area contributed by atoms with Gasteiger partial charge in [-0.1, -0.05) is 0 Å². The van der Waals surface area contributed by atoms with E-state index in [9.17, 15) is 14.9 Å². The summed E-state index contributed by atoms with van der Waals surface area (Å²) in [6.45, 7) is 3.50. The average Bonchev–Trinajstić information content (AvgIpc) is 1.87. The summed E-state index contributed by atoms with van der Waals surface area (Å²) >= 11 is 0. The fourth-order valence-electron chi connectivity index (χ4n) is 0.482. The second kappa shape index (κ2) is 4.43. The van der Waals surface area contributed by atoms with Crippen molar-refractivity contribution in [3.05, 3.63) is 22.0 Å². The molecule has 1 N–H and O–H groups in total. The number of hydrogen-bond acceptors (Lipinski definition) is 4. The molecule has 0 bridgehead atoms. The summed E-state index contributed by atoms with van der Waals surface area (Å²) in [5.41, 5.74) is -0.410. The fraction of sp³-hybridized carbons (Fsp3) is 0.500. The number of allylic oxidation sites excluding steroid dienone is 1. The van der Waals surface area contributed by atoms with Gasteiger partial charge in [0.05, 0.1) is 11.1 Å². The van der Waals surface area contributed by atoms with Crippen LogP contribution in [0, 0.1) is 10.1 Å². The molecule has 0 unspecified atom stereocenters. The number of carbonyl (C=O) groups is 1. The van der Waals surface area contributed by atoms with Crippen LogP contribution in [-0.2, 0) is 4.79 Å². The zero-order chi connectivity index (χ0) is 8.85. The van der Waals surface area contributed by atoms with Crippen molar-refractivity contribution in [2.75, 3.05) is 6.54 Å². The summed E-state index contributed by atoms with van der Waals surface area (Å²) in [5, 5.41) is 12.7. The van der Waals surface area contributed by atoms with E-state index in [0.717, 1.165) is 13.1 Å². The molecule has 0 heterocycles. The average molecular weight is 158 g/mol. The van der Waals surface area contributed by atoms with Crippen LogP contribution in [0.5, 0.6) is 0 Å². The number of nitro groups is 1. The Kier molecular flexibility index (Phi) is 3.87. The minimum absolute atomic E-state index is 0.410. The monoisotopic (exact) mass is 158 g/mol. The summed E-state index contributed by atoms with van der Waals surface area (Å²) < 4.78 is 0. The Labute approximate surface area is 64.2 Å². The van der Waals surface area contributed by atoms with Crippen molar-refractivity contribution < 1.29 is 9.72 Å². The number of ketones is 1. The van der Waals surface area contributed by atoms with E-state index < -0.39 is 16.4 Å². The molecule has 0 amide bonds. The van der Waals surface area contributed by atoms with Crippen LogP contribution >= 0.6 is 0 Å². The number of hydrogen-bond donors (Lipinski definition) is 1. The minimum atomic E-state index is -0.703. The maximum atomic E-state index is 10.5. The van der Waals surface area contributed by atoms with Crippen molar-refractivity contribution in [1.29, 1.82) is 0 Å². The Balaban J connectivity index is 4.33. The molecule has 0 saturated carbocycles. The highest BCUT2D eigenvalue weighted by Gasteiger charge is 2.15. The minimum Gasteiger partial charge on any atom is -0.386 e. The van der Waals surface area contributed by atoms with Gasteiger partial charge in [0.15, 0.2) is 0 Å². The van der Waals surface area contributed by atoms with E-state index in [2.05, 4.69) is 5.32 Å². The van der Waals surface area contributed by atoms with E-state index in [1.54, 1.807) is 6.92 Å². The Morgan fingerprint density at radius 3 is 2.55 bits per heavy atom. The molecule has 0 aromatic heterocycles. The van der Waals surface area contributed by atoms with Gasteiger partial charge in [0, 0.05) is 13.5 Å². The van der Waals surface area contributed by atoms with Gasteiger partial charge in [0.2, 0.25) is 5.78 Å². The molecule has 0 radical (unpaired) electrons. The summed E-state index contributed by atoms with van der Waals surface area (Å²) in [4.78, 5) is 20.0. The van der Waals surface area contributed by atoms with Crippen LogP contribution in [0.2, 0.25) is 0 Å². The molecule has 11 heavy (non-hydrogen) atoms. The van der Waals surface area contributed by atoms with Crippen LogP contribution in [0.1, 0.15) is 13.8 Å². The second-order valence-corrected chi connectivity index (χ2v) is 1.90. The normalized spacial score (nSPS) is 10.9. The van der Waals surface area contributed by atoms with Gasteiger partial charge >= 0.3 is 5.70 Å². The first-order chi connectivity index (χ1) is 5.09. The van der Waals surface area contributed by atoms with Crippen molar-refractivity contribution in [1.82, 2.24) is 5.32 Å². The van der Waals surface area contributed by atoms with Crippen molar-refractivity contribution in [2.45, 2.75) is 13.8 Å². The van der Waals surface area contributed by atoms with E-state index >= 15 is 0 Å². The lowest BCUT2D eigenvalue weighted by molar-refractivity contribution is -0.419. The smallest absolute Gasteiger partial charge is 0.327 e. The molecule has 5 nitrogen and oxygen atoms in total. The Morgan fingerprint density at radius 2 is 2.27 bits per heavy atom. The van der Waals surface area contributed by atoms with Crippen LogP contribution in [-0.4, -0.2) is 17.3 Å². The van der Waals surface area contributed by atoms with Crippen LogP contribution in [0.4, 0.5) is 0 Å². The third-order valence-corrected chi connectivity index (χ3v) is 1.00. The second-order valence-electron chi connectivity index (χ2n) is 1.90. The highest BCUT2D eigenvalue weighted by molar-refractivity contribution is 5.90. The van der Waals surface area contributed by atoms with Crippen LogP contribution < -0.4 is 5.32 Å². The molecule has 0 atom stereocenters. The quantitative estimate of drug-likeness (QED) is 0.363. The molecule has 0 saturated heterocycles. The van der Waals surface area contributed by atoms with Gasteiger partial charge in [-0.25, -0.2) is 0 Å². The predicted octanol–water partition coefficient (Wildman–Crippen LogP) is 0.303. The molecule has 0 aliphatic rings. The lowest BCUT2D eigenvalue weighted by atomic mass is 10.3. The van der Waals surface area contributed by atoms with Crippen LogP contribution in [0.3, 0.4) is 0 Å². The number of nitrogens with one attached hydrogen (secondary N) is 1. The van der Waals surface area contributed by atoms with Crippen molar-refractivity contribution in [2.24, 2.45) is 0 Å². The molecular weight excluding hydrogens is 148 g/mol. The first-order valence-corrected chi connectivity index (χ1v) is 3.18. The molecular formula is C6H10N2O3. The van der Waals surface area contributed by atoms with E-state index in [4.69, 9.17) is 0 Å². The Morgan fingerprint density at radius 1 is 1.73 bits per heavy atom. The molecule has 0 aliphatic heterocycles. The first kappa shape index (κ1) is 9.61. The van der Waals surface area contributed by atoms with Crippen molar-refractivity contribution in [3.8, 4) is 0 Å². The standard InChI is InChI=1S/C6H10N2O3/c1-3-7-4-6(5(2)9)8(10)11/h4,7H,3H2,1-2H3/b6-4+. The Hall–Kier alpha value is -1.39. The van der Waals surface area contributed by atoms with Crippen molar-refractivity contribution in [3.63, 3.8) is 0 Å². The third kappa shape index (κ3) is 3.34. The van der Waals surface area contributed by atoms with Crippen molar-refractivity contribution >= 4 is 5.78 Å². The lowest BCUT2D eigenvalue weighted by Crippen LogP contribution is -2.13. The van der Waals surface area contributed by atoms with E-state index in [1.165, 1.54) is 0 Å². The largest absolute Gasteiger partial charge is 0.386 e. The molecule has 0 spiro atoms. The van der Waals surface area contributed by atoms with E-state index in [1.807, 2.05) is 0 Å². The molecule has 0 aromatic rings. The number of rotatable bonds is 4. The van der Waals surface area contributed by atoms with E-state index in [0.29, 0.717) is 6.54 Å². The molecule has 0 aliphatic carbocycles. The first-order valence-electron chi connectivity index (χ1n) is 3.18. The Bertz CT molecular complexity index is 182. The molecule has 0 aromatic carbocycles. The van der Waals surface area contributed by atoms with Gasteiger partial charge in [0.25, 0.3) is 0 Å². The number of nitrogens with zero attached hydrogens (tertiary/aromatic N) is 1. The summed E-state index contributed by atoms with van der Waals surface area (Å²) in [7, 11) is 0. The summed E-state index contributed by atoms with van der Waals surface area (Å²) in [6.07, 6.45) is 1.11. The highest BCUT2D eigenvalue weighted by atomic mass is 16.6. The van der Waals surface area contributed by atoms with Gasteiger partial charge in [-0.3, -0.25) is 14.9 Å². The van der Waals surface area contributed by atoms with E-state index in [-0.39, 0.29) is 0 Å². The molecule has 5 heteroatoms. The maximum Gasteiger partial charge on any atom is 0.327 e. The van der Waals surface area contributed by atoms with Crippen LogP contribution in [0.25, 0.3) is 0 Å². The SMILES string of the molecule is CCN/C=C(\C(C)=O)[N+](=O)[O-]. The highest BCUT2D eigenvalue weighted by Crippen LogP contribution is 1.94. The van der Waals surface area contributed by atoms with Gasteiger partial charge < -0.3 is 5.32 Å². The molecule has 0 rings (SSSR count). The molecule has 62 valence electrons. The van der Waals surface area contributed by atoms with Crippen LogP contribution in [0.15, 0.2) is 11.9 Å². The zero-order valence-electron chi connectivity index (χ0n) is 6.46. The maximum absolute atomic E-state index is 10.5. The predicted molar refractivity (Wildman–Crippen MR) is 39.4 cm³/mol. The zero-order valence-corrected chi connectivity index (χ0v) is 6.46. The fourth-order valence-corrected chi connectivity index (χ4v) is 0.482. The number of carbonyl (C=O) groups excluding carboxylic acids is 1. The summed E-state index contributed by atoms with van der Waals surface area (Å²) in [6, 6.07) is 0. The van der Waals surface area contributed by atoms with Gasteiger partial charge in [-0.05, 0) is 6.92 Å². The number of Topliss-reactive ketones (excluding diaryl/α,β-unsaturated/α-hetero) is 1. The summed E-state index contributed by atoms with van der Waals surface area (Å²) in [5.74, 6) is -0.545. The third-order valence-electron chi connectivity index (χ3n) is 1.00. The van der Waals surface area contributed by atoms with Gasteiger partial charge in [-0.2, -0.15) is 0 Å². The van der Waals surface area contributed by atoms with Gasteiger partial charge in [-0.15, -0.1) is 0 Å². The topological polar surface area (TPSA) is 72.2 Å². The molecule has 0 fully saturated rings.